The molecule has 0 saturated carbocycles. The molecule has 4 aromatic carbocycles. The fourth-order valence-electron chi connectivity index (χ4n) is 7.19. The lowest BCUT2D eigenvalue weighted by Gasteiger charge is -2.27. The molecule has 5 aromatic rings. The molecule has 2 aliphatic heterocycles. The number of benzene rings is 4. The number of nitrogens with one attached hydrogen (secondary N) is 4. The zero-order valence-electron chi connectivity index (χ0n) is 30.9. The molecule has 2 aliphatic rings. The van der Waals surface area contributed by atoms with Crippen LogP contribution in [0.5, 0.6) is 0 Å². The highest BCUT2D eigenvalue weighted by atomic mass is 19.4. The van der Waals surface area contributed by atoms with E-state index in [-0.39, 0.29) is 29.9 Å². The van der Waals surface area contributed by atoms with Gasteiger partial charge < -0.3 is 16.0 Å². The minimum Gasteiger partial charge on any atom is -0.384 e. The third-order valence-electron chi connectivity index (χ3n) is 10.2. The number of pyridine rings is 1. The van der Waals surface area contributed by atoms with Crippen LogP contribution in [-0.2, 0) is 15.8 Å². The number of rotatable bonds is 13. The largest absolute Gasteiger partial charge is 0.416 e. The Kier molecular flexibility index (Phi) is 11.0. The number of amides is 5. The number of alkyl halides is 3. The summed E-state index contributed by atoms with van der Waals surface area (Å²) in [6, 6.07) is 24.9. The summed E-state index contributed by atoms with van der Waals surface area (Å²) in [4.78, 5) is 69.3. The molecule has 1 aromatic heterocycles. The number of carbonyl (C=O) groups excluding carboxylic acids is 5. The quantitative estimate of drug-likeness (QED) is 0.0710. The van der Waals surface area contributed by atoms with Crippen molar-refractivity contribution >= 4 is 51.8 Å². The Morgan fingerprint density at radius 3 is 2.32 bits per heavy atom. The van der Waals surface area contributed by atoms with Crippen LogP contribution >= 0.6 is 0 Å². The molecule has 5 amide bonds. The molecule has 4 N–H and O–H groups in total. The average molecular weight is 777 g/mol. The standard InChI is InChI=1S/C43H39F3N6O5/c1-25(49-39(54)28-16-19-31-27(24-28)8-5-9-30(31)26-14-17-29(18-15-26)43(44,45)46)33-11-7-13-36(50-33)48-23-4-2-3-22-47-34-12-6-10-32-38(34)42(57)52(41(32)56)35-20-21-37(53)51-40(35)55/h5-19,24-25,35,47H,2-4,20-23H2,1H3,(H,48,50)(H,49,54)(H,51,53,55)/t25-,35?/m0/s1. The molecule has 0 radical (unpaired) electrons. The molecule has 14 heteroatoms. The number of unbranched alkanes of at least 4 members (excludes halogenated alkanes) is 2. The number of imide groups is 2. The summed E-state index contributed by atoms with van der Waals surface area (Å²) in [7, 11) is 0. The van der Waals surface area contributed by atoms with Crippen molar-refractivity contribution in [3.05, 3.63) is 125 Å². The summed E-state index contributed by atoms with van der Waals surface area (Å²) in [6.07, 6.45) is -1.80. The Morgan fingerprint density at radius 1 is 0.842 bits per heavy atom. The van der Waals surface area contributed by atoms with Crippen molar-refractivity contribution in [1.29, 1.82) is 0 Å². The highest BCUT2D eigenvalue weighted by Crippen LogP contribution is 2.35. The highest BCUT2D eigenvalue weighted by Gasteiger charge is 2.45. The maximum Gasteiger partial charge on any atom is 0.416 e. The molecule has 1 unspecified atom stereocenters. The third kappa shape index (κ3) is 8.35. The number of nitrogens with zero attached hydrogens (tertiary/aromatic N) is 2. The van der Waals surface area contributed by atoms with Crippen molar-refractivity contribution in [2.24, 2.45) is 0 Å². The molecule has 0 aliphatic carbocycles. The molecular weight excluding hydrogens is 738 g/mol. The fourth-order valence-corrected chi connectivity index (χ4v) is 7.19. The lowest BCUT2D eigenvalue weighted by molar-refractivity contribution is -0.138. The van der Waals surface area contributed by atoms with E-state index < -0.39 is 47.5 Å². The van der Waals surface area contributed by atoms with Crippen molar-refractivity contribution in [2.45, 2.75) is 57.3 Å². The van der Waals surface area contributed by atoms with Crippen LogP contribution in [0, 0.1) is 0 Å². The van der Waals surface area contributed by atoms with Gasteiger partial charge in [0, 0.05) is 30.8 Å². The Balaban J connectivity index is 0.878. The molecular formula is C43H39F3N6O5. The van der Waals surface area contributed by atoms with Crippen LogP contribution in [-0.4, -0.2) is 58.6 Å². The van der Waals surface area contributed by atoms with Gasteiger partial charge in [-0.15, -0.1) is 0 Å². The second-order valence-corrected chi connectivity index (χ2v) is 14.0. The van der Waals surface area contributed by atoms with E-state index in [1.54, 1.807) is 36.4 Å². The van der Waals surface area contributed by atoms with Gasteiger partial charge in [-0.2, -0.15) is 13.2 Å². The first-order valence-corrected chi connectivity index (χ1v) is 18.7. The second kappa shape index (κ2) is 16.3. The van der Waals surface area contributed by atoms with Crippen molar-refractivity contribution in [3.8, 4) is 11.1 Å². The Morgan fingerprint density at radius 2 is 1.56 bits per heavy atom. The maximum absolute atomic E-state index is 13.3. The van der Waals surface area contributed by atoms with Crippen LogP contribution in [0.4, 0.5) is 24.7 Å². The van der Waals surface area contributed by atoms with Crippen molar-refractivity contribution in [2.75, 3.05) is 23.7 Å². The number of hydrogen-bond acceptors (Lipinski definition) is 8. The average Bonchev–Trinajstić information content (AvgIpc) is 3.45. The zero-order chi connectivity index (χ0) is 40.3. The van der Waals surface area contributed by atoms with E-state index >= 15 is 0 Å². The monoisotopic (exact) mass is 776 g/mol. The topological polar surface area (TPSA) is 150 Å². The summed E-state index contributed by atoms with van der Waals surface area (Å²) < 4.78 is 39.2. The number of carbonyl (C=O) groups is 5. The van der Waals surface area contributed by atoms with E-state index in [1.165, 1.54) is 12.1 Å². The van der Waals surface area contributed by atoms with Gasteiger partial charge in [-0.25, -0.2) is 4.98 Å². The van der Waals surface area contributed by atoms with Crippen LogP contribution in [0.1, 0.15) is 87.4 Å². The van der Waals surface area contributed by atoms with Crippen molar-refractivity contribution in [3.63, 3.8) is 0 Å². The van der Waals surface area contributed by atoms with Crippen LogP contribution < -0.4 is 21.3 Å². The minimum absolute atomic E-state index is 0.0562. The molecule has 1 fully saturated rings. The van der Waals surface area contributed by atoms with E-state index in [9.17, 15) is 37.1 Å². The summed E-state index contributed by atoms with van der Waals surface area (Å²) in [6.45, 7) is 3.05. The van der Waals surface area contributed by atoms with E-state index in [0.29, 0.717) is 41.4 Å². The molecule has 292 valence electrons. The molecule has 0 spiro atoms. The lowest BCUT2D eigenvalue weighted by atomic mass is 9.96. The first-order valence-electron chi connectivity index (χ1n) is 18.7. The maximum atomic E-state index is 13.3. The molecule has 1 saturated heterocycles. The summed E-state index contributed by atoms with van der Waals surface area (Å²) >= 11 is 0. The van der Waals surface area contributed by atoms with Crippen molar-refractivity contribution in [1.82, 2.24) is 20.5 Å². The molecule has 11 nitrogen and oxygen atoms in total. The zero-order valence-corrected chi connectivity index (χ0v) is 30.9. The Bertz CT molecular complexity index is 2380. The van der Waals surface area contributed by atoms with Gasteiger partial charge in [-0.3, -0.25) is 34.2 Å². The number of piperidine rings is 1. The van der Waals surface area contributed by atoms with E-state index in [4.69, 9.17) is 4.98 Å². The smallest absolute Gasteiger partial charge is 0.384 e. The van der Waals surface area contributed by atoms with Crippen LogP contribution in [0.25, 0.3) is 21.9 Å². The summed E-state index contributed by atoms with van der Waals surface area (Å²) in [5.41, 5.74) is 2.78. The van der Waals surface area contributed by atoms with E-state index in [1.807, 2.05) is 43.3 Å². The predicted molar refractivity (Wildman–Crippen MR) is 208 cm³/mol. The minimum atomic E-state index is -4.42. The van der Waals surface area contributed by atoms with E-state index in [2.05, 4.69) is 21.3 Å². The van der Waals surface area contributed by atoms with Crippen LogP contribution in [0.2, 0.25) is 0 Å². The van der Waals surface area contributed by atoms with Crippen molar-refractivity contribution < 1.29 is 37.1 Å². The molecule has 0 bridgehead atoms. The van der Waals surface area contributed by atoms with Gasteiger partial charge in [-0.1, -0.05) is 48.5 Å². The number of fused-ring (bicyclic) bond motifs is 2. The molecule has 7 rings (SSSR count). The third-order valence-corrected chi connectivity index (χ3v) is 10.2. The van der Waals surface area contributed by atoms with Crippen LogP contribution in [0.15, 0.2) is 97.1 Å². The molecule has 57 heavy (non-hydrogen) atoms. The summed E-state index contributed by atoms with van der Waals surface area (Å²) in [5.74, 6) is -1.79. The lowest BCUT2D eigenvalue weighted by Crippen LogP contribution is -2.54. The number of aromatic nitrogens is 1. The highest BCUT2D eigenvalue weighted by molar-refractivity contribution is 6.25. The Labute approximate surface area is 326 Å². The van der Waals surface area contributed by atoms with Gasteiger partial charge in [0.1, 0.15) is 11.9 Å². The molecule has 2 atom stereocenters. The van der Waals surface area contributed by atoms with Gasteiger partial charge in [0.15, 0.2) is 0 Å². The van der Waals surface area contributed by atoms with Gasteiger partial charge in [0.2, 0.25) is 11.8 Å². The normalized spacial score (nSPS) is 16.0. The number of halogens is 3. The van der Waals surface area contributed by atoms with Gasteiger partial charge in [-0.05, 0) is 103 Å². The predicted octanol–water partition coefficient (Wildman–Crippen LogP) is 7.51. The first kappa shape index (κ1) is 38.7. The second-order valence-electron chi connectivity index (χ2n) is 14.0. The fraction of sp³-hybridized carbons (Fsp3) is 0.256. The van der Waals surface area contributed by atoms with E-state index in [0.717, 1.165) is 52.6 Å². The molecule has 3 heterocycles. The number of hydrogen-bond donors (Lipinski definition) is 4. The SMILES string of the molecule is C[C@H](NC(=O)c1ccc2c(-c3ccc(C(F)(F)F)cc3)cccc2c1)c1cccc(NCCCCCNc2cccc3c2C(=O)N(C2CCC(=O)NC2=O)C3=O)n1. The van der Waals surface area contributed by atoms with Gasteiger partial charge >= 0.3 is 6.18 Å². The van der Waals surface area contributed by atoms with Gasteiger partial charge in [0.25, 0.3) is 17.7 Å². The van der Waals surface area contributed by atoms with Gasteiger partial charge in [0.05, 0.1) is 28.4 Å². The number of anilines is 2. The van der Waals surface area contributed by atoms with Crippen LogP contribution in [0.3, 0.4) is 0 Å². The Hall–Kier alpha value is -6.57. The first-order chi connectivity index (χ1) is 27.4. The summed E-state index contributed by atoms with van der Waals surface area (Å²) in [5, 5.41) is 13.4.